The molecule has 3 rings (SSSR count). The number of aromatic nitrogens is 2. The van der Waals surface area contributed by atoms with Crippen molar-refractivity contribution in [1.29, 1.82) is 0 Å². The topological polar surface area (TPSA) is 71.2 Å². The fraction of sp³-hybridized carbons (Fsp3) is 0.467. The molecule has 1 fully saturated rings. The van der Waals surface area contributed by atoms with Crippen LogP contribution in [0, 0.1) is 0 Å². The molecule has 5 heteroatoms. The lowest BCUT2D eigenvalue weighted by molar-refractivity contribution is 0.191. The van der Waals surface area contributed by atoms with Gasteiger partial charge >= 0.3 is 0 Å². The predicted octanol–water partition coefficient (Wildman–Crippen LogP) is 2.26. The first-order valence-electron chi connectivity index (χ1n) is 6.99. The molecule has 1 aromatic carbocycles. The number of aliphatic hydroxyl groups is 1. The summed E-state index contributed by atoms with van der Waals surface area (Å²) in [6.07, 6.45) is 0.286. The van der Waals surface area contributed by atoms with Crippen molar-refractivity contribution < 1.29 is 9.63 Å². The first-order valence-corrected chi connectivity index (χ1v) is 6.99. The van der Waals surface area contributed by atoms with Crippen LogP contribution in [0.1, 0.15) is 43.7 Å². The summed E-state index contributed by atoms with van der Waals surface area (Å²) in [4.78, 5) is 4.42. The van der Waals surface area contributed by atoms with E-state index in [2.05, 4.69) is 41.4 Å². The van der Waals surface area contributed by atoms with Gasteiger partial charge in [0.2, 0.25) is 11.7 Å². The molecule has 1 saturated heterocycles. The van der Waals surface area contributed by atoms with E-state index in [0.29, 0.717) is 30.6 Å². The molecule has 0 spiro atoms. The lowest BCUT2D eigenvalue weighted by atomic mass is 10.0. The van der Waals surface area contributed by atoms with Gasteiger partial charge in [-0.2, -0.15) is 4.98 Å². The van der Waals surface area contributed by atoms with Crippen LogP contribution >= 0.6 is 0 Å². The van der Waals surface area contributed by atoms with Crippen molar-refractivity contribution in [2.75, 3.05) is 6.54 Å². The highest BCUT2D eigenvalue weighted by Gasteiger charge is 2.28. The minimum absolute atomic E-state index is 0.0406. The summed E-state index contributed by atoms with van der Waals surface area (Å²) >= 11 is 0. The van der Waals surface area contributed by atoms with Gasteiger partial charge in [-0.25, -0.2) is 0 Å². The average molecular weight is 273 g/mol. The van der Waals surface area contributed by atoms with E-state index in [0.717, 1.165) is 5.56 Å². The molecule has 1 aliphatic heterocycles. The Balaban J connectivity index is 1.79. The predicted molar refractivity (Wildman–Crippen MR) is 75.2 cm³/mol. The van der Waals surface area contributed by atoms with Gasteiger partial charge in [-0.15, -0.1) is 0 Å². The van der Waals surface area contributed by atoms with Crippen molar-refractivity contribution in [2.45, 2.75) is 38.3 Å². The van der Waals surface area contributed by atoms with E-state index >= 15 is 0 Å². The lowest BCUT2D eigenvalue weighted by Crippen LogP contribution is -2.15. The third-order valence-electron chi connectivity index (χ3n) is 3.68. The molecule has 0 bridgehead atoms. The van der Waals surface area contributed by atoms with Crippen molar-refractivity contribution in [3.8, 4) is 11.4 Å². The Bertz CT molecular complexity index is 577. The smallest absolute Gasteiger partial charge is 0.244 e. The summed E-state index contributed by atoms with van der Waals surface area (Å²) in [5, 5.41) is 16.7. The molecular formula is C15H19N3O2. The van der Waals surface area contributed by atoms with E-state index in [1.165, 1.54) is 5.56 Å². The third kappa shape index (κ3) is 2.59. The standard InChI is InChI=1S/C15H19N3O2/c1-9(2)10-3-5-11(6-4-10)14-17-15(20-18-14)13-7-12(19)8-16-13/h3-6,9,12-13,16,19H,7-8H2,1-2H3/t12?,13-/m0/s1. The minimum Gasteiger partial charge on any atom is -0.392 e. The molecule has 106 valence electrons. The van der Waals surface area contributed by atoms with Crippen LogP contribution in [-0.2, 0) is 0 Å². The van der Waals surface area contributed by atoms with E-state index in [1.807, 2.05) is 12.1 Å². The van der Waals surface area contributed by atoms with Crippen LogP contribution < -0.4 is 5.32 Å². The highest BCUT2D eigenvalue weighted by Crippen LogP contribution is 2.25. The summed E-state index contributed by atoms with van der Waals surface area (Å²) in [5.74, 6) is 1.65. The highest BCUT2D eigenvalue weighted by atomic mass is 16.5. The summed E-state index contributed by atoms with van der Waals surface area (Å²) in [6.45, 7) is 4.91. The van der Waals surface area contributed by atoms with Gasteiger partial charge in [0.15, 0.2) is 0 Å². The summed E-state index contributed by atoms with van der Waals surface area (Å²) in [6, 6.07) is 8.17. The number of nitrogens with one attached hydrogen (secondary N) is 1. The molecule has 5 nitrogen and oxygen atoms in total. The van der Waals surface area contributed by atoms with Crippen molar-refractivity contribution in [1.82, 2.24) is 15.5 Å². The SMILES string of the molecule is CC(C)c1ccc(-c2noc([C@@H]3CC(O)CN3)n2)cc1. The summed E-state index contributed by atoms with van der Waals surface area (Å²) in [5.41, 5.74) is 2.24. The van der Waals surface area contributed by atoms with Gasteiger partial charge in [0.05, 0.1) is 12.1 Å². The Labute approximate surface area is 118 Å². The van der Waals surface area contributed by atoms with Gasteiger partial charge in [-0.05, 0) is 17.9 Å². The quantitative estimate of drug-likeness (QED) is 0.897. The number of hydrogen-bond donors (Lipinski definition) is 2. The molecule has 1 aromatic heterocycles. The zero-order chi connectivity index (χ0) is 14.1. The van der Waals surface area contributed by atoms with E-state index < -0.39 is 0 Å². The Morgan fingerprint density at radius 2 is 2.05 bits per heavy atom. The monoisotopic (exact) mass is 273 g/mol. The first-order chi connectivity index (χ1) is 9.63. The Kier molecular flexibility index (Phi) is 3.54. The number of β-amino-alcohol motifs (C(OH)–C–C–N with tert-alkyl or cyclic N) is 1. The molecule has 0 amide bonds. The fourth-order valence-electron chi connectivity index (χ4n) is 2.42. The van der Waals surface area contributed by atoms with Crippen molar-refractivity contribution >= 4 is 0 Å². The Hall–Kier alpha value is -1.72. The molecule has 2 atom stereocenters. The summed E-state index contributed by atoms with van der Waals surface area (Å²) < 4.78 is 5.29. The summed E-state index contributed by atoms with van der Waals surface area (Å²) in [7, 11) is 0. The zero-order valence-electron chi connectivity index (χ0n) is 11.7. The van der Waals surface area contributed by atoms with E-state index in [9.17, 15) is 5.11 Å². The van der Waals surface area contributed by atoms with Gasteiger partial charge in [0.25, 0.3) is 0 Å². The van der Waals surface area contributed by atoms with E-state index in [-0.39, 0.29) is 12.1 Å². The maximum atomic E-state index is 9.51. The van der Waals surface area contributed by atoms with E-state index in [1.54, 1.807) is 0 Å². The van der Waals surface area contributed by atoms with Crippen molar-refractivity contribution in [3.63, 3.8) is 0 Å². The number of hydrogen-bond acceptors (Lipinski definition) is 5. The van der Waals surface area contributed by atoms with Gasteiger partial charge < -0.3 is 14.9 Å². The molecule has 0 radical (unpaired) electrons. The molecule has 20 heavy (non-hydrogen) atoms. The fourth-order valence-corrected chi connectivity index (χ4v) is 2.42. The van der Waals surface area contributed by atoms with Crippen LogP contribution in [-0.4, -0.2) is 27.9 Å². The molecule has 0 saturated carbocycles. The van der Waals surface area contributed by atoms with Gasteiger partial charge in [0.1, 0.15) is 0 Å². The minimum atomic E-state index is -0.333. The molecule has 1 unspecified atom stereocenters. The van der Waals surface area contributed by atoms with Crippen LogP contribution in [0.15, 0.2) is 28.8 Å². The average Bonchev–Trinajstić information content (AvgIpc) is 3.07. The molecule has 2 heterocycles. The van der Waals surface area contributed by atoms with Gasteiger partial charge in [0, 0.05) is 12.1 Å². The molecular weight excluding hydrogens is 254 g/mol. The van der Waals surface area contributed by atoms with Crippen molar-refractivity contribution in [2.24, 2.45) is 0 Å². The lowest BCUT2D eigenvalue weighted by Gasteiger charge is -2.04. The number of aliphatic hydroxyl groups excluding tert-OH is 1. The largest absolute Gasteiger partial charge is 0.392 e. The molecule has 2 N–H and O–H groups in total. The maximum Gasteiger partial charge on any atom is 0.244 e. The number of benzene rings is 1. The van der Waals surface area contributed by atoms with Gasteiger partial charge in [-0.3, -0.25) is 0 Å². The highest BCUT2D eigenvalue weighted by molar-refractivity contribution is 5.54. The molecule has 2 aromatic rings. The molecule has 1 aliphatic rings. The number of rotatable bonds is 3. The van der Waals surface area contributed by atoms with Crippen LogP contribution in [0.3, 0.4) is 0 Å². The second-order valence-electron chi connectivity index (χ2n) is 5.58. The van der Waals surface area contributed by atoms with Crippen molar-refractivity contribution in [3.05, 3.63) is 35.7 Å². The van der Waals surface area contributed by atoms with Crippen LogP contribution in [0.2, 0.25) is 0 Å². The Morgan fingerprint density at radius 1 is 1.30 bits per heavy atom. The van der Waals surface area contributed by atoms with E-state index in [4.69, 9.17) is 4.52 Å². The third-order valence-corrected chi connectivity index (χ3v) is 3.68. The first kappa shape index (κ1) is 13.3. The zero-order valence-corrected chi connectivity index (χ0v) is 11.7. The Morgan fingerprint density at radius 3 is 2.65 bits per heavy atom. The molecule has 0 aliphatic carbocycles. The second kappa shape index (κ2) is 5.34. The van der Waals surface area contributed by atoms with Gasteiger partial charge in [-0.1, -0.05) is 43.3 Å². The number of nitrogens with zero attached hydrogens (tertiary/aromatic N) is 2. The maximum absolute atomic E-state index is 9.51. The van der Waals surface area contributed by atoms with Crippen LogP contribution in [0.4, 0.5) is 0 Å². The second-order valence-corrected chi connectivity index (χ2v) is 5.58. The van der Waals surface area contributed by atoms with Crippen LogP contribution in [0.25, 0.3) is 11.4 Å². The normalized spacial score (nSPS) is 22.6. The van der Waals surface area contributed by atoms with Crippen LogP contribution in [0.5, 0.6) is 0 Å².